The molecule has 5 heteroatoms. The number of carbonyl (C=O) groups excluding carboxylic acids is 2. The Morgan fingerprint density at radius 3 is 2.50 bits per heavy atom. The van der Waals surface area contributed by atoms with Gasteiger partial charge in [-0.1, -0.05) is 19.3 Å². The van der Waals surface area contributed by atoms with Gasteiger partial charge in [-0.25, -0.2) is 4.79 Å². The Labute approximate surface area is 95.7 Å². The molecule has 0 saturated heterocycles. The van der Waals surface area contributed by atoms with Gasteiger partial charge in [0.05, 0.1) is 13.7 Å². The van der Waals surface area contributed by atoms with E-state index in [-0.39, 0.29) is 24.3 Å². The molecule has 92 valence electrons. The average Bonchev–Trinajstić information content (AvgIpc) is 2.35. The van der Waals surface area contributed by atoms with Crippen LogP contribution in [0.25, 0.3) is 0 Å². The first-order valence-electron chi connectivity index (χ1n) is 5.76. The first-order chi connectivity index (χ1) is 7.69. The molecule has 0 aromatic rings. The number of esters is 1. The second kappa shape index (κ2) is 6.48. The number of carbonyl (C=O) groups is 2. The van der Waals surface area contributed by atoms with Crippen LogP contribution < -0.4 is 11.1 Å². The van der Waals surface area contributed by atoms with Gasteiger partial charge < -0.3 is 15.8 Å². The summed E-state index contributed by atoms with van der Waals surface area (Å²) < 4.78 is 4.72. The van der Waals surface area contributed by atoms with Gasteiger partial charge in [0, 0.05) is 0 Å². The second-order valence-corrected chi connectivity index (χ2v) is 4.17. The van der Waals surface area contributed by atoms with Gasteiger partial charge in [-0.2, -0.15) is 0 Å². The molecule has 0 aliphatic heterocycles. The van der Waals surface area contributed by atoms with Gasteiger partial charge in [0.2, 0.25) is 5.91 Å². The predicted molar refractivity (Wildman–Crippen MR) is 59.6 cm³/mol. The van der Waals surface area contributed by atoms with Crippen LogP contribution in [0.3, 0.4) is 0 Å². The first-order valence-corrected chi connectivity index (χ1v) is 5.76. The lowest BCUT2D eigenvalue weighted by molar-refractivity contribution is -0.147. The van der Waals surface area contributed by atoms with E-state index in [1.54, 1.807) is 0 Å². The molecule has 1 rings (SSSR count). The number of ether oxygens (including phenoxy) is 1. The van der Waals surface area contributed by atoms with Crippen LogP contribution in [-0.2, 0) is 14.3 Å². The SMILES string of the molecule is COC(=O)C(NC(=O)CN)C1CCCCC1. The minimum absolute atomic E-state index is 0.0970. The first kappa shape index (κ1) is 13.0. The zero-order valence-corrected chi connectivity index (χ0v) is 9.70. The highest BCUT2D eigenvalue weighted by atomic mass is 16.5. The molecule has 0 radical (unpaired) electrons. The molecular weight excluding hydrogens is 208 g/mol. The van der Waals surface area contributed by atoms with Crippen molar-refractivity contribution in [2.45, 2.75) is 38.1 Å². The highest BCUT2D eigenvalue weighted by Crippen LogP contribution is 2.26. The number of methoxy groups -OCH3 is 1. The molecule has 0 spiro atoms. The molecule has 1 fully saturated rings. The number of nitrogens with one attached hydrogen (secondary N) is 1. The third-order valence-corrected chi connectivity index (χ3v) is 3.08. The monoisotopic (exact) mass is 228 g/mol. The maximum absolute atomic E-state index is 11.6. The fourth-order valence-corrected chi connectivity index (χ4v) is 2.20. The summed E-state index contributed by atoms with van der Waals surface area (Å²) in [7, 11) is 1.34. The second-order valence-electron chi connectivity index (χ2n) is 4.17. The van der Waals surface area contributed by atoms with E-state index in [9.17, 15) is 9.59 Å². The zero-order chi connectivity index (χ0) is 12.0. The Hall–Kier alpha value is -1.10. The quantitative estimate of drug-likeness (QED) is 0.673. The van der Waals surface area contributed by atoms with Gasteiger partial charge in [0.15, 0.2) is 0 Å². The van der Waals surface area contributed by atoms with E-state index in [2.05, 4.69) is 5.32 Å². The Morgan fingerprint density at radius 2 is 2.00 bits per heavy atom. The molecule has 0 aromatic heterocycles. The lowest BCUT2D eigenvalue weighted by atomic mass is 9.84. The number of rotatable bonds is 4. The van der Waals surface area contributed by atoms with Crippen molar-refractivity contribution in [1.29, 1.82) is 0 Å². The average molecular weight is 228 g/mol. The molecule has 0 heterocycles. The van der Waals surface area contributed by atoms with Crippen molar-refractivity contribution >= 4 is 11.9 Å². The molecule has 5 nitrogen and oxygen atoms in total. The largest absolute Gasteiger partial charge is 0.467 e. The maximum atomic E-state index is 11.6. The zero-order valence-electron chi connectivity index (χ0n) is 9.70. The molecule has 3 N–H and O–H groups in total. The van der Waals surface area contributed by atoms with Crippen molar-refractivity contribution in [2.24, 2.45) is 11.7 Å². The van der Waals surface area contributed by atoms with E-state index < -0.39 is 6.04 Å². The van der Waals surface area contributed by atoms with E-state index in [0.717, 1.165) is 25.7 Å². The smallest absolute Gasteiger partial charge is 0.328 e. The molecule has 1 aliphatic carbocycles. The minimum atomic E-state index is -0.527. The van der Waals surface area contributed by atoms with E-state index in [1.807, 2.05) is 0 Å². The Bertz CT molecular complexity index is 250. The normalized spacial score (nSPS) is 18.9. The highest BCUT2D eigenvalue weighted by molar-refractivity contribution is 5.85. The molecule has 1 unspecified atom stereocenters. The number of nitrogens with two attached hydrogens (primary N) is 1. The van der Waals surface area contributed by atoms with E-state index in [1.165, 1.54) is 13.5 Å². The van der Waals surface area contributed by atoms with Gasteiger partial charge in [0.25, 0.3) is 0 Å². The van der Waals surface area contributed by atoms with Crippen molar-refractivity contribution in [2.75, 3.05) is 13.7 Å². The number of amides is 1. The van der Waals surface area contributed by atoms with Gasteiger partial charge in [-0.3, -0.25) is 4.79 Å². The van der Waals surface area contributed by atoms with Crippen LogP contribution in [0.4, 0.5) is 0 Å². The minimum Gasteiger partial charge on any atom is -0.467 e. The summed E-state index contributed by atoms with van der Waals surface area (Å²) in [6.45, 7) is -0.0970. The summed E-state index contributed by atoms with van der Waals surface area (Å²) in [5, 5.41) is 2.65. The molecule has 0 bridgehead atoms. The number of hydrogen-bond acceptors (Lipinski definition) is 4. The molecule has 1 amide bonds. The van der Waals surface area contributed by atoms with Crippen LogP contribution >= 0.6 is 0 Å². The van der Waals surface area contributed by atoms with Crippen LogP contribution in [0.15, 0.2) is 0 Å². The van der Waals surface area contributed by atoms with Crippen molar-refractivity contribution < 1.29 is 14.3 Å². The summed E-state index contributed by atoms with van der Waals surface area (Å²) >= 11 is 0. The van der Waals surface area contributed by atoms with Crippen molar-refractivity contribution in [3.63, 3.8) is 0 Å². The van der Waals surface area contributed by atoms with Gasteiger partial charge in [-0.15, -0.1) is 0 Å². The van der Waals surface area contributed by atoms with Crippen LogP contribution in [-0.4, -0.2) is 31.6 Å². The topological polar surface area (TPSA) is 81.4 Å². The summed E-state index contributed by atoms with van der Waals surface area (Å²) in [4.78, 5) is 22.8. The summed E-state index contributed by atoms with van der Waals surface area (Å²) in [5.74, 6) is -0.480. The lowest BCUT2D eigenvalue weighted by Gasteiger charge is -2.28. The maximum Gasteiger partial charge on any atom is 0.328 e. The van der Waals surface area contributed by atoms with Crippen molar-refractivity contribution in [1.82, 2.24) is 5.32 Å². The molecule has 1 aliphatic rings. The van der Waals surface area contributed by atoms with Gasteiger partial charge in [-0.05, 0) is 18.8 Å². The predicted octanol–water partition coefficient (Wildman–Crippen LogP) is 0.183. The number of hydrogen-bond donors (Lipinski definition) is 2. The van der Waals surface area contributed by atoms with Crippen LogP contribution in [0.5, 0.6) is 0 Å². The summed E-state index contributed by atoms with van der Waals surface area (Å²) in [6.07, 6.45) is 5.35. The molecule has 0 aromatic carbocycles. The molecular formula is C11H20N2O3. The van der Waals surface area contributed by atoms with E-state index in [4.69, 9.17) is 10.5 Å². The van der Waals surface area contributed by atoms with Gasteiger partial charge in [0.1, 0.15) is 6.04 Å². The highest BCUT2D eigenvalue weighted by Gasteiger charge is 2.31. The van der Waals surface area contributed by atoms with Gasteiger partial charge >= 0.3 is 5.97 Å². The van der Waals surface area contributed by atoms with E-state index >= 15 is 0 Å². The summed E-state index contributed by atoms with van der Waals surface area (Å²) in [5.41, 5.74) is 5.23. The fourth-order valence-electron chi connectivity index (χ4n) is 2.20. The molecule has 1 atom stereocenters. The fraction of sp³-hybridized carbons (Fsp3) is 0.818. The van der Waals surface area contributed by atoms with Crippen molar-refractivity contribution in [3.8, 4) is 0 Å². The Balaban J connectivity index is 2.61. The van der Waals surface area contributed by atoms with Crippen LogP contribution in [0, 0.1) is 5.92 Å². The third kappa shape index (κ3) is 3.48. The standard InChI is InChI=1S/C11H20N2O3/c1-16-11(15)10(13-9(14)7-12)8-5-3-2-4-6-8/h8,10H,2-7,12H2,1H3,(H,13,14). The Morgan fingerprint density at radius 1 is 1.38 bits per heavy atom. The van der Waals surface area contributed by atoms with E-state index in [0.29, 0.717) is 0 Å². The lowest BCUT2D eigenvalue weighted by Crippen LogP contribution is -2.48. The summed E-state index contributed by atoms with van der Waals surface area (Å²) in [6, 6.07) is -0.527. The molecule has 1 saturated carbocycles. The molecule has 16 heavy (non-hydrogen) atoms. The Kier molecular flexibility index (Phi) is 5.25. The third-order valence-electron chi connectivity index (χ3n) is 3.08. The van der Waals surface area contributed by atoms with Crippen molar-refractivity contribution in [3.05, 3.63) is 0 Å². The van der Waals surface area contributed by atoms with Crippen LogP contribution in [0.1, 0.15) is 32.1 Å². The van der Waals surface area contributed by atoms with Crippen LogP contribution in [0.2, 0.25) is 0 Å².